The highest BCUT2D eigenvalue weighted by atomic mass is 16.5. The molecule has 1 aliphatic carbocycles. The lowest BCUT2D eigenvalue weighted by Gasteiger charge is -2.35. The zero-order valence-corrected chi connectivity index (χ0v) is 15.2. The molecular weight excluding hydrogens is 318 g/mol. The standard InChI is InChI=1S/C24H26NO/c25-16-18-3-5-19(6-4-18)20-7-9-21(10-8-20)22-11-13-23(14-12-22)24-2-1-15-26-17-24/h3-10,17,22-24H,1-2,11-15H2/t22-,23-,24?. The second-order valence-corrected chi connectivity index (χ2v) is 7.74. The van der Waals surface area contributed by atoms with Crippen molar-refractivity contribution in [3.8, 4) is 17.2 Å². The van der Waals surface area contributed by atoms with Gasteiger partial charge < -0.3 is 4.74 Å². The van der Waals surface area contributed by atoms with Crippen LogP contribution in [-0.2, 0) is 4.74 Å². The molecule has 1 radical (unpaired) electrons. The van der Waals surface area contributed by atoms with Gasteiger partial charge in [0.25, 0.3) is 0 Å². The summed E-state index contributed by atoms with van der Waals surface area (Å²) in [6, 6.07) is 19.1. The zero-order chi connectivity index (χ0) is 17.8. The third kappa shape index (κ3) is 3.84. The lowest BCUT2D eigenvalue weighted by atomic mass is 9.72. The number of benzene rings is 2. The minimum absolute atomic E-state index is 0.684. The quantitative estimate of drug-likeness (QED) is 0.675. The first-order chi connectivity index (χ1) is 12.8. The Bertz CT molecular complexity index is 742. The van der Waals surface area contributed by atoms with Crippen LogP contribution in [0.2, 0.25) is 0 Å². The SMILES string of the molecule is N#Cc1ccc(-c2ccc([C@H]3CC[C@H](C4[CH]OCCC4)CC3)cc2)cc1. The fourth-order valence-electron chi connectivity index (χ4n) is 4.57. The van der Waals surface area contributed by atoms with Crippen LogP contribution in [0.1, 0.15) is 55.6 Å². The van der Waals surface area contributed by atoms with E-state index in [1.165, 1.54) is 55.2 Å². The van der Waals surface area contributed by atoms with Crippen molar-refractivity contribution in [3.63, 3.8) is 0 Å². The number of ether oxygens (including phenoxy) is 1. The van der Waals surface area contributed by atoms with Crippen molar-refractivity contribution in [2.45, 2.75) is 44.4 Å². The Kier molecular flexibility index (Phi) is 5.37. The minimum Gasteiger partial charge on any atom is -0.375 e. The van der Waals surface area contributed by atoms with Gasteiger partial charge in [-0.05, 0) is 85.1 Å². The van der Waals surface area contributed by atoms with Crippen LogP contribution in [0.5, 0.6) is 0 Å². The van der Waals surface area contributed by atoms with Gasteiger partial charge in [0, 0.05) is 6.61 Å². The third-order valence-corrected chi connectivity index (χ3v) is 6.18. The molecule has 0 amide bonds. The summed E-state index contributed by atoms with van der Waals surface area (Å²) in [5.74, 6) is 2.21. The Morgan fingerprint density at radius 3 is 2.04 bits per heavy atom. The first kappa shape index (κ1) is 17.3. The molecule has 1 atom stereocenters. The van der Waals surface area contributed by atoms with E-state index in [1.807, 2.05) is 24.3 Å². The molecule has 1 saturated heterocycles. The van der Waals surface area contributed by atoms with Crippen molar-refractivity contribution >= 4 is 0 Å². The Morgan fingerprint density at radius 1 is 0.808 bits per heavy atom. The molecule has 0 spiro atoms. The van der Waals surface area contributed by atoms with Gasteiger partial charge in [-0.25, -0.2) is 0 Å². The Labute approximate surface area is 156 Å². The topological polar surface area (TPSA) is 33.0 Å². The van der Waals surface area contributed by atoms with Gasteiger partial charge in [-0.1, -0.05) is 36.4 Å². The molecule has 0 aromatic heterocycles. The Balaban J connectivity index is 1.37. The lowest BCUT2D eigenvalue weighted by molar-refractivity contribution is 0.0762. The molecule has 1 aliphatic heterocycles. The van der Waals surface area contributed by atoms with E-state index in [2.05, 4.69) is 36.9 Å². The maximum atomic E-state index is 8.92. The predicted octanol–water partition coefficient (Wildman–Crippen LogP) is 6.09. The summed E-state index contributed by atoms with van der Waals surface area (Å²) in [6.45, 7) is 3.04. The summed E-state index contributed by atoms with van der Waals surface area (Å²) in [6.07, 6.45) is 7.78. The summed E-state index contributed by atoms with van der Waals surface area (Å²) in [5.41, 5.74) is 4.58. The van der Waals surface area contributed by atoms with E-state index < -0.39 is 0 Å². The van der Waals surface area contributed by atoms with Gasteiger partial charge in [0.1, 0.15) is 0 Å². The molecule has 2 aromatic carbocycles. The maximum Gasteiger partial charge on any atom is 0.0991 e. The van der Waals surface area contributed by atoms with Crippen molar-refractivity contribution in [3.05, 3.63) is 66.3 Å². The highest BCUT2D eigenvalue weighted by molar-refractivity contribution is 5.64. The van der Waals surface area contributed by atoms with E-state index in [9.17, 15) is 0 Å². The molecule has 2 aromatic rings. The molecular formula is C24H26NO. The highest BCUT2D eigenvalue weighted by Crippen LogP contribution is 2.41. The molecule has 2 aliphatic rings. The highest BCUT2D eigenvalue weighted by Gasteiger charge is 2.29. The third-order valence-electron chi connectivity index (χ3n) is 6.18. The number of hydrogen-bond donors (Lipinski definition) is 0. The first-order valence-electron chi connectivity index (χ1n) is 9.89. The average Bonchev–Trinajstić information content (AvgIpc) is 2.75. The molecule has 2 nitrogen and oxygen atoms in total. The Morgan fingerprint density at radius 2 is 1.46 bits per heavy atom. The zero-order valence-electron chi connectivity index (χ0n) is 15.2. The summed E-state index contributed by atoms with van der Waals surface area (Å²) >= 11 is 0. The molecule has 2 heteroatoms. The van der Waals surface area contributed by atoms with Crippen molar-refractivity contribution in [2.24, 2.45) is 11.8 Å². The molecule has 1 unspecified atom stereocenters. The number of rotatable bonds is 3. The molecule has 1 heterocycles. The van der Waals surface area contributed by atoms with Crippen molar-refractivity contribution in [2.75, 3.05) is 6.61 Å². The lowest BCUT2D eigenvalue weighted by Crippen LogP contribution is -2.25. The number of hydrogen-bond acceptors (Lipinski definition) is 2. The first-order valence-corrected chi connectivity index (χ1v) is 9.89. The molecule has 0 bridgehead atoms. The van der Waals surface area contributed by atoms with Crippen LogP contribution in [0.3, 0.4) is 0 Å². The largest absolute Gasteiger partial charge is 0.375 e. The van der Waals surface area contributed by atoms with Crippen LogP contribution in [0.4, 0.5) is 0 Å². The van der Waals surface area contributed by atoms with E-state index >= 15 is 0 Å². The summed E-state index contributed by atoms with van der Waals surface area (Å²) in [5, 5.41) is 8.92. The van der Waals surface area contributed by atoms with Crippen LogP contribution in [-0.4, -0.2) is 6.61 Å². The monoisotopic (exact) mass is 344 g/mol. The van der Waals surface area contributed by atoms with Crippen molar-refractivity contribution in [1.82, 2.24) is 0 Å². The molecule has 0 N–H and O–H groups in total. The van der Waals surface area contributed by atoms with Gasteiger partial charge in [-0.2, -0.15) is 5.26 Å². The summed E-state index contributed by atoms with van der Waals surface area (Å²) in [4.78, 5) is 0. The molecule has 26 heavy (non-hydrogen) atoms. The summed E-state index contributed by atoms with van der Waals surface area (Å²) < 4.78 is 5.57. The van der Waals surface area contributed by atoms with Crippen LogP contribution < -0.4 is 0 Å². The van der Waals surface area contributed by atoms with Crippen LogP contribution in [0.25, 0.3) is 11.1 Å². The minimum atomic E-state index is 0.684. The van der Waals surface area contributed by atoms with Gasteiger partial charge in [0.05, 0.1) is 18.2 Å². The fraction of sp³-hybridized carbons (Fsp3) is 0.417. The van der Waals surface area contributed by atoms with E-state index in [-0.39, 0.29) is 0 Å². The smallest absolute Gasteiger partial charge is 0.0991 e. The van der Waals surface area contributed by atoms with Crippen LogP contribution >= 0.6 is 0 Å². The van der Waals surface area contributed by atoms with Gasteiger partial charge in [-0.15, -0.1) is 0 Å². The van der Waals surface area contributed by atoms with E-state index in [0.29, 0.717) is 17.4 Å². The van der Waals surface area contributed by atoms with Crippen LogP contribution in [0.15, 0.2) is 48.5 Å². The molecule has 1 saturated carbocycles. The van der Waals surface area contributed by atoms with E-state index in [1.54, 1.807) is 0 Å². The predicted molar refractivity (Wildman–Crippen MR) is 104 cm³/mol. The van der Waals surface area contributed by atoms with Crippen LogP contribution in [0, 0.1) is 29.8 Å². The van der Waals surface area contributed by atoms with E-state index in [4.69, 9.17) is 10.00 Å². The summed E-state index contributed by atoms with van der Waals surface area (Å²) in [7, 11) is 0. The van der Waals surface area contributed by atoms with Gasteiger partial charge in [0.2, 0.25) is 0 Å². The second kappa shape index (κ2) is 8.06. The Hall–Kier alpha value is -2.11. The van der Waals surface area contributed by atoms with Gasteiger partial charge in [0.15, 0.2) is 0 Å². The number of nitriles is 1. The average molecular weight is 344 g/mol. The maximum absolute atomic E-state index is 8.92. The van der Waals surface area contributed by atoms with Gasteiger partial charge >= 0.3 is 0 Å². The molecule has 2 fully saturated rings. The number of nitrogens with zero attached hydrogens (tertiary/aromatic N) is 1. The van der Waals surface area contributed by atoms with Gasteiger partial charge in [-0.3, -0.25) is 0 Å². The van der Waals surface area contributed by atoms with Crippen molar-refractivity contribution in [1.29, 1.82) is 5.26 Å². The molecule has 133 valence electrons. The fourth-order valence-corrected chi connectivity index (χ4v) is 4.57. The van der Waals surface area contributed by atoms with E-state index in [0.717, 1.165) is 12.5 Å². The molecule has 4 rings (SSSR count). The van der Waals surface area contributed by atoms with Crippen molar-refractivity contribution < 1.29 is 4.74 Å². The normalized spacial score (nSPS) is 26.2. The second-order valence-electron chi connectivity index (χ2n) is 7.74.